The van der Waals surface area contributed by atoms with Gasteiger partial charge < -0.3 is 4.74 Å². The van der Waals surface area contributed by atoms with Crippen LogP contribution in [0.15, 0.2) is 24.3 Å². The van der Waals surface area contributed by atoms with Crippen LogP contribution in [-0.4, -0.2) is 73.4 Å². The van der Waals surface area contributed by atoms with E-state index >= 15 is 0 Å². The lowest BCUT2D eigenvalue weighted by molar-refractivity contribution is -0.137. The van der Waals surface area contributed by atoms with Crippen LogP contribution in [0.3, 0.4) is 0 Å². The summed E-state index contributed by atoms with van der Waals surface area (Å²) in [6.07, 6.45) is -4.62. The Morgan fingerprint density at radius 2 is 1.50 bits per heavy atom. The lowest BCUT2D eigenvalue weighted by Gasteiger charge is -2.40. The van der Waals surface area contributed by atoms with E-state index in [-0.39, 0.29) is 12.2 Å². The minimum absolute atomic E-state index is 0.139. The molecule has 1 aromatic rings. The van der Waals surface area contributed by atoms with Crippen molar-refractivity contribution in [2.45, 2.75) is 38.8 Å². The Bertz CT molecular complexity index is 753. The van der Waals surface area contributed by atoms with Crippen LogP contribution in [-0.2, 0) is 27.7 Å². The molecule has 2 saturated heterocycles. The zero-order valence-corrected chi connectivity index (χ0v) is 16.8. The van der Waals surface area contributed by atoms with Crippen molar-refractivity contribution >= 4 is 10.2 Å². The molecule has 0 spiro atoms. The molecule has 0 aliphatic carbocycles. The number of rotatable bonds is 4. The van der Waals surface area contributed by atoms with Gasteiger partial charge in [-0.2, -0.15) is 30.2 Å². The summed E-state index contributed by atoms with van der Waals surface area (Å²) in [6, 6.07) is 5.11. The van der Waals surface area contributed by atoms with E-state index in [1.165, 1.54) is 20.7 Å². The van der Waals surface area contributed by atoms with Crippen LogP contribution in [0.2, 0.25) is 0 Å². The van der Waals surface area contributed by atoms with Crippen molar-refractivity contribution in [3.05, 3.63) is 35.4 Å². The first kappa shape index (κ1) is 21.5. The van der Waals surface area contributed by atoms with Gasteiger partial charge in [0.15, 0.2) is 0 Å². The van der Waals surface area contributed by atoms with Crippen LogP contribution in [0.5, 0.6) is 0 Å². The van der Waals surface area contributed by atoms with Crippen molar-refractivity contribution < 1.29 is 26.3 Å². The molecule has 2 atom stereocenters. The van der Waals surface area contributed by atoms with Gasteiger partial charge >= 0.3 is 6.18 Å². The number of alkyl halides is 3. The predicted molar refractivity (Wildman–Crippen MR) is 98.8 cm³/mol. The van der Waals surface area contributed by atoms with Crippen molar-refractivity contribution in [2.24, 2.45) is 0 Å². The molecule has 3 rings (SSSR count). The molecule has 2 heterocycles. The van der Waals surface area contributed by atoms with Crippen LogP contribution in [0.25, 0.3) is 0 Å². The SMILES string of the molecule is C[C@H]1CN(S(=O)(=O)N2CCN(Cc3ccc(C(F)(F)F)cc3)CC2)C[C@H](C)O1. The maximum Gasteiger partial charge on any atom is 0.416 e. The molecule has 0 amide bonds. The van der Waals surface area contributed by atoms with Gasteiger partial charge in [0.05, 0.1) is 17.8 Å². The van der Waals surface area contributed by atoms with Crippen LogP contribution >= 0.6 is 0 Å². The third-order valence-corrected chi connectivity index (χ3v) is 7.03. The molecular formula is C18H26F3N3O3S. The van der Waals surface area contributed by atoms with Crippen molar-refractivity contribution in [3.63, 3.8) is 0 Å². The fraction of sp³-hybridized carbons (Fsp3) is 0.667. The summed E-state index contributed by atoms with van der Waals surface area (Å²) in [4.78, 5) is 2.05. The van der Waals surface area contributed by atoms with E-state index < -0.39 is 21.9 Å². The van der Waals surface area contributed by atoms with E-state index in [1.54, 1.807) is 0 Å². The number of halogens is 3. The fourth-order valence-electron chi connectivity index (χ4n) is 3.66. The molecule has 2 aliphatic rings. The second kappa shape index (κ2) is 8.27. The molecule has 0 saturated carbocycles. The molecule has 28 heavy (non-hydrogen) atoms. The number of nitrogens with zero attached hydrogens (tertiary/aromatic N) is 3. The normalized spacial score (nSPS) is 26.5. The molecule has 0 aromatic heterocycles. The van der Waals surface area contributed by atoms with Gasteiger partial charge in [-0.25, -0.2) is 0 Å². The zero-order valence-electron chi connectivity index (χ0n) is 16.0. The van der Waals surface area contributed by atoms with Crippen LogP contribution < -0.4 is 0 Å². The number of ether oxygens (including phenoxy) is 1. The Labute approximate surface area is 164 Å². The van der Waals surface area contributed by atoms with E-state index in [2.05, 4.69) is 4.90 Å². The molecule has 6 nitrogen and oxygen atoms in total. The number of morpholine rings is 1. The molecule has 0 radical (unpaired) electrons. The summed E-state index contributed by atoms with van der Waals surface area (Å²) in [5.41, 5.74) is 0.112. The van der Waals surface area contributed by atoms with Gasteiger partial charge in [0, 0.05) is 45.8 Å². The standard InChI is InChI=1S/C18H26F3N3O3S/c1-14-11-24(12-15(2)27-14)28(25,26)23-9-7-22(8-10-23)13-16-3-5-17(6-4-16)18(19,20)21/h3-6,14-15H,7-13H2,1-2H3/t14-,15-/m0/s1. The molecule has 2 aliphatic heterocycles. The molecule has 158 valence electrons. The number of hydrogen-bond donors (Lipinski definition) is 0. The highest BCUT2D eigenvalue weighted by atomic mass is 32.2. The number of benzene rings is 1. The van der Waals surface area contributed by atoms with Gasteiger partial charge in [0.2, 0.25) is 0 Å². The molecule has 1 aromatic carbocycles. The van der Waals surface area contributed by atoms with E-state index in [1.807, 2.05) is 13.8 Å². The monoisotopic (exact) mass is 421 g/mol. The molecule has 2 fully saturated rings. The summed E-state index contributed by atoms with van der Waals surface area (Å²) in [5.74, 6) is 0. The minimum Gasteiger partial charge on any atom is -0.373 e. The minimum atomic E-state index is -4.34. The van der Waals surface area contributed by atoms with Gasteiger partial charge in [0.25, 0.3) is 10.2 Å². The van der Waals surface area contributed by atoms with Crippen molar-refractivity contribution in [2.75, 3.05) is 39.3 Å². The Morgan fingerprint density at radius 1 is 0.964 bits per heavy atom. The summed E-state index contributed by atoms with van der Waals surface area (Å²) in [7, 11) is -3.53. The van der Waals surface area contributed by atoms with Crippen LogP contribution in [0, 0.1) is 0 Å². The summed E-state index contributed by atoms with van der Waals surface area (Å²) in [5, 5.41) is 0. The Hall–Kier alpha value is -1.20. The Kier molecular flexibility index (Phi) is 6.35. The molecule has 0 unspecified atom stereocenters. The summed E-state index contributed by atoms with van der Waals surface area (Å²) in [6.45, 7) is 6.71. The molecule has 0 N–H and O–H groups in total. The maximum absolute atomic E-state index is 12.9. The van der Waals surface area contributed by atoms with Gasteiger partial charge in [-0.3, -0.25) is 4.90 Å². The fourth-order valence-corrected chi connectivity index (χ4v) is 5.41. The van der Waals surface area contributed by atoms with Gasteiger partial charge in [0.1, 0.15) is 0 Å². The highest BCUT2D eigenvalue weighted by molar-refractivity contribution is 7.86. The lowest BCUT2D eigenvalue weighted by Crippen LogP contribution is -2.57. The van der Waals surface area contributed by atoms with Crippen molar-refractivity contribution in [1.29, 1.82) is 0 Å². The highest BCUT2D eigenvalue weighted by Crippen LogP contribution is 2.29. The number of hydrogen-bond acceptors (Lipinski definition) is 4. The molecule has 10 heteroatoms. The first-order valence-electron chi connectivity index (χ1n) is 9.35. The largest absolute Gasteiger partial charge is 0.416 e. The average molecular weight is 421 g/mol. The zero-order chi connectivity index (χ0) is 20.5. The summed E-state index contributed by atoms with van der Waals surface area (Å²) >= 11 is 0. The van der Waals surface area contributed by atoms with E-state index in [9.17, 15) is 21.6 Å². The van der Waals surface area contributed by atoms with Crippen molar-refractivity contribution in [3.8, 4) is 0 Å². The third-order valence-electron chi connectivity index (χ3n) is 5.06. The highest BCUT2D eigenvalue weighted by Gasteiger charge is 2.36. The second-order valence-corrected chi connectivity index (χ2v) is 9.38. The van der Waals surface area contributed by atoms with E-state index in [0.29, 0.717) is 45.8 Å². The topological polar surface area (TPSA) is 53.1 Å². The number of piperazine rings is 1. The Morgan fingerprint density at radius 3 is 2.00 bits per heavy atom. The van der Waals surface area contributed by atoms with Crippen LogP contribution in [0.4, 0.5) is 13.2 Å². The first-order chi connectivity index (χ1) is 13.1. The average Bonchev–Trinajstić information content (AvgIpc) is 2.61. The lowest BCUT2D eigenvalue weighted by atomic mass is 10.1. The second-order valence-electron chi connectivity index (χ2n) is 7.45. The smallest absolute Gasteiger partial charge is 0.373 e. The van der Waals surface area contributed by atoms with E-state index in [4.69, 9.17) is 4.74 Å². The quantitative estimate of drug-likeness (QED) is 0.748. The van der Waals surface area contributed by atoms with Gasteiger partial charge in [-0.1, -0.05) is 12.1 Å². The molecule has 0 bridgehead atoms. The van der Waals surface area contributed by atoms with Crippen molar-refractivity contribution in [1.82, 2.24) is 13.5 Å². The first-order valence-corrected chi connectivity index (χ1v) is 10.7. The maximum atomic E-state index is 12.9. The summed E-state index contributed by atoms with van der Waals surface area (Å²) < 4.78 is 72.3. The van der Waals surface area contributed by atoms with Gasteiger partial charge in [-0.05, 0) is 31.5 Å². The van der Waals surface area contributed by atoms with Crippen LogP contribution in [0.1, 0.15) is 25.0 Å². The third kappa shape index (κ3) is 5.04. The van der Waals surface area contributed by atoms with E-state index in [0.717, 1.165) is 17.7 Å². The predicted octanol–water partition coefficient (Wildman–Crippen LogP) is 2.18. The van der Waals surface area contributed by atoms with Gasteiger partial charge in [-0.15, -0.1) is 0 Å². The Balaban J connectivity index is 1.55. The molecular weight excluding hydrogens is 395 g/mol.